The number of rotatable bonds is 2. The van der Waals surface area contributed by atoms with Crippen LogP contribution in [0.15, 0.2) is 35.1 Å². The number of aromatic nitrogens is 1. The van der Waals surface area contributed by atoms with Gasteiger partial charge in [0.1, 0.15) is 5.56 Å². The van der Waals surface area contributed by atoms with Crippen molar-refractivity contribution < 1.29 is 9.90 Å². The van der Waals surface area contributed by atoms with Gasteiger partial charge in [-0.05, 0) is 30.4 Å². The van der Waals surface area contributed by atoms with Gasteiger partial charge in [-0.1, -0.05) is 18.2 Å². The molecule has 1 aromatic carbocycles. The molecular formula is C13H11NO3. The van der Waals surface area contributed by atoms with Gasteiger partial charge in [0.05, 0.1) is 5.52 Å². The average molecular weight is 229 g/mol. The van der Waals surface area contributed by atoms with Crippen LogP contribution in [0.1, 0.15) is 29.2 Å². The van der Waals surface area contributed by atoms with Gasteiger partial charge < -0.3 is 9.67 Å². The Morgan fingerprint density at radius 1 is 1.29 bits per heavy atom. The number of carboxylic acids is 1. The van der Waals surface area contributed by atoms with E-state index in [1.807, 2.05) is 24.3 Å². The van der Waals surface area contributed by atoms with Gasteiger partial charge in [-0.15, -0.1) is 0 Å². The molecule has 1 saturated carbocycles. The first-order valence-electron chi connectivity index (χ1n) is 5.56. The van der Waals surface area contributed by atoms with Gasteiger partial charge in [0.25, 0.3) is 5.56 Å². The molecule has 0 aliphatic heterocycles. The van der Waals surface area contributed by atoms with Crippen LogP contribution in [0.2, 0.25) is 0 Å². The summed E-state index contributed by atoms with van der Waals surface area (Å²) in [6.45, 7) is 0. The topological polar surface area (TPSA) is 59.3 Å². The third-order valence-corrected chi connectivity index (χ3v) is 3.09. The van der Waals surface area contributed by atoms with Crippen LogP contribution in [-0.2, 0) is 0 Å². The van der Waals surface area contributed by atoms with E-state index in [1.165, 1.54) is 6.07 Å². The normalized spacial score (nSPS) is 15.1. The summed E-state index contributed by atoms with van der Waals surface area (Å²) in [6, 6.07) is 9.03. The number of carbonyl (C=O) groups is 1. The van der Waals surface area contributed by atoms with E-state index in [-0.39, 0.29) is 11.6 Å². The molecule has 4 nitrogen and oxygen atoms in total. The molecule has 1 heterocycles. The summed E-state index contributed by atoms with van der Waals surface area (Å²) in [5, 5.41) is 9.84. The number of benzene rings is 1. The molecule has 0 atom stereocenters. The van der Waals surface area contributed by atoms with E-state index in [0.29, 0.717) is 0 Å². The smallest absolute Gasteiger partial charge is 0.341 e. The fourth-order valence-electron chi connectivity index (χ4n) is 2.13. The first-order chi connectivity index (χ1) is 8.18. The molecule has 4 heteroatoms. The Kier molecular flexibility index (Phi) is 2.04. The van der Waals surface area contributed by atoms with E-state index in [9.17, 15) is 9.59 Å². The lowest BCUT2D eigenvalue weighted by Crippen LogP contribution is -2.25. The van der Waals surface area contributed by atoms with Crippen molar-refractivity contribution in [3.8, 4) is 0 Å². The van der Waals surface area contributed by atoms with Gasteiger partial charge in [-0.3, -0.25) is 4.79 Å². The first kappa shape index (κ1) is 10.1. The molecule has 17 heavy (non-hydrogen) atoms. The molecule has 0 unspecified atom stereocenters. The van der Waals surface area contributed by atoms with Crippen LogP contribution < -0.4 is 5.56 Å². The molecule has 0 saturated heterocycles. The lowest BCUT2D eigenvalue weighted by Gasteiger charge is -2.10. The molecule has 0 amide bonds. The number of aromatic carboxylic acids is 1. The van der Waals surface area contributed by atoms with Crippen molar-refractivity contribution in [1.29, 1.82) is 0 Å². The maximum atomic E-state index is 12.1. The molecule has 0 spiro atoms. The number of para-hydroxylation sites is 1. The summed E-state index contributed by atoms with van der Waals surface area (Å²) in [5.41, 5.74) is 0.291. The quantitative estimate of drug-likeness (QED) is 0.857. The van der Waals surface area contributed by atoms with Gasteiger partial charge in [-0.2, -0.15) is 0 Å². The van der Waals surface area contributed by atoms with Crippen LogP contribution >= 0.6 is 0 Å². The largest absolute Gasteiger partial charge is 0.477 e. The Hall–Kier alpha value is -2.10. The second-order valence-corrected chi connectivity index (χ2v) is 4.33. The lowest BCUT2D eigenvalue weighted by molar-refractivity contribution is 0.0694. The summed E-state index contributed by atoms with van der Waals surface area (Å²) >= 11 is 0. The minimum absolute atomic E-state index is 0.143. The van der Waals surface area contributed by atoms with Crippen LogP contribution in [0.3, 0.4) is 0 Å². The molecule has 1 aromatic heterocycles. The fraction of sp³-hybridized carbons (Fsp3) is 0.231. The van der Waals surface area contributed by atoms with Crippen molar-refractivity contribution in [2.24, 2.45) is 0 Å². The van der Waals surface area contributed by atoms with Crippen LogP contribution in [0.4, 0.5) is 0 Å². The van der Waals surface area contributed by atoms with Crippen molar-refractivity contribution in [2.45, 2.75) is 18.9 Å². The summed E-state index contributed by atoms with van der Waals surface area (Å²) in [7, 11) is 0. The molecule has 2 aromatic rings. The van der Waals surface area contributed by atoms with E-state index >= 15 is 0 Å². The second-order valence-electron chi connectivity index (χ2n) is 4.33. The summed E-state index contributed by atoms with van der Waals surface area (Å²) in [6.07, 6.45) is 1.90. The zero-order valence-corrected chi connectivity index (χ0v) is 9.09. The van der Waals surface area contributed by atoms with Crippen molar-refractivity contribution in [1.82, 2.24) is 4.57 Å². The van der Waals surface area contributed by atoms with Gasteiger partial charge in [0, 0.05) is 6.04 Å². The predicted octanol–water partition coefficient (Wildman–Crippen LogP) is 2.03. The van der Waals surface area contributed by atoms with E-state index < -0.39 is 11.5 Å². The van der Waals surface area contributed by atoms with Crippen LogP contribution in [0.5, 0.6) is 0 Å². The molecule has 1 aliphatic carbocycles. The molecule has 3 rings (SSSR count). The van der Waals surface area contributed by atoms with Gasteiger partial charge in [0.2, 0.25) is 0 Å². The highest BCUT2D eigenvalue weighted by molar-refractivity contribution is 5.92. The van der Waals surface area contributed by atoms with E-state index in [4.69, 9.17) is 5.11 Å². The van der Waals surface area contributed by atoms with Crippen LogP contribution in [-0.4, -0.2) is 15.6 Å². The maximum absolute atomic E-state index is 12.1. The summed E-state index contributed by atoms with van der Waals surface area (Å²) < 4.78 is 1.62. The van der Waals surface area contributed by atoms with E-state index in [1.54, 1.807) is 4.57 Å². The molecule has 1 N–H and O–H groups in total. The Balaban J connectivity index is 2.43. The maximum Gasteiger partial charge on any atom is 0.341 e. The molecule has 1 fully saturated rings. The molecule has 86 valence electrons. The third-order valence-electron chi connectivity index (χ3n) is 3.09. The lowest BCUT2D eigenvalue weighted by atomic mass is 10.1. The Morgan fingerprint density at radius 2 is 2.00 bits per heavy atom. The number of hydrogen-bond donors (Lipinski definition) is 1. The average Bonchev–Trinajstić information content (AvgIpc) is 3.12. The minimum Gasteiger partial charge on any atom is -0.477 e. The second kappa shape index (κ2) is 3.45. The highest BCUT2D eigenvalue weighted by Crippen LogP contribution is 2.35. The SMILES string of the molecule is O=C(O)c1cc2ccccc2n(C2CC2)c1=O. The highest BCUT2D eigenvalue weighted by Gasteiger charge is 2.28. The number of hydrogen-bond acceptors (Lipinski definition) is 2. The summed E-state index contributed by atoms with van der Waals surface area (Å²) in [4.78, 5) is 23.1. The van der Waals surface area contributed by atoms with Crippen molar-refractivity contribution >= 4 is 16.9 Å². The molecule has 0 bridgehead atoms. The van der Waals surface area contributed by atoms with Crippen molar-refractivity contribution in [3.63, 3.8) is 0 Å². The number of nitrogens with zero attached hydrogens (tertiary/aromatic N) is 1. The number of pyridine rings is 1. The van der Waals surface area contributed by atoms with Crippen molar-refractivity contribution in [3.05, 3.63) is 46.2 Å². The first-order valence-corrected chi connectivity index (χ1v) is 5.56. The van der Waals surface area contributed by atoms with Gasteiger partial charge >= 0.3 is 5.97 Å². The van der Waals surface area contributed by atoms with Crippen molar-refractivity contribution in [2.75, 3.05) is 0 Å². The Morgan fingerprint density at radius 3 is 2.65 bits per heavy atom. The Labute approximate surface area is 97.1 Å². The van der Waals surface area contributed by atoms with E-state index in [0.717, 1.165) is 23.7 Å². The standard InChI is InChI=1S/C13H11NO3/c15-12-10(13(16)17)7-8-3-1-2-4-11(8)14(12)9-5-6-9/h1-4,7,9H,5-6H2,(H,16,17). The number of fused-ring (bicyclic) bond motifs is 1. The van der Waals surface area contributed by atoms with Gasteiger partial charge in [0.15, 0.2) is 0 Å². The monoisotopic (exact) mass is 229 g/mol. The molecular weight excluding hydrogens is 218 g/mol. The fourth-order valence-corrected chi connectivity index (χ4v) is 2.13. The minimum atomic E-state index is -1.16. The van der Waals surface area contributed by atoms with Crippen LogP contribution in [0, 0.1) is 0 Å². The highest BCUT2D eigenvalue weighted by atomic mass is 16.4. The van der Waals surface area contributed by atoms with Gasteiger partial charge in [-0.25, -0.2) is 4.79 Å². The van der Waals surface area contributed by atoms with Crippen LogP contribution in [0.25, 0.3) is 10.9 Å². The molecule has 0 radical (unpaired) electrons. The zero-order valence-electron chi connectivity index (χ0n) is 9.09. The molecule has 1 aliphatic rings. The third kappa shape index (κ3) is 1.53. The summed E-state index contributed by atoms with van der Waals surface area (Å²) in [5.74, 6) is -1.16. The predicted molar refractivity (Wildman–Crippen MR) is 63.4 cm³/mol. The van der Waals surface area contributed by atoms with E-state index in [2.05, 4.69) is 0 Å². The Bertz CT molecular complexity index is 668. The number of carboxylic acid groups (broad SMARTS) is 1. The zero-order chi connectivity index (χ0) is 12.0.